The lowest BCUT2D eigenvalue weighted by molar-refractivity contribution is 0.107. The van der Waals surface area contributed by atoms with E-state index < -0.39 is 5.24 Å². The summed E-state index contributed by atoms with van der Waals surface area (Å²) in [6, 6.07) is 9.14. The second-order valence-electron chi connectivity index (χ2n) is 2.96. The Hall–Kier alpha value is -1.86. The summed E-state index contributed by atoms with van der Waals surface area (Å²) in [6.45, 7) is 0.102. The van der Waals surface area contributed by atoms with Crippen molar-refractivity contribution in [1.82, 2.24) is 9.78 Å². The lowest BCUT2D eigenvalue weighted by Gasteiger charge is -1.93. The van der Waals surface area contributed by atoms with Crippen LogP contribution in [0, 0.1) is 11.3 Å². The van der Waals surface area contributed by atoms with Crippen molar-refractivity contribution in [3.8, 4) is 6.07 Å². The Morgan fingerprint density at radius 3 is 2.93 bits per heavy atom. The summed E-state index contributed by atoms with van der Waals surface area (Å²) in [4.78, 5) is 11.1. The minimum Gasteiger partial charge on any atom is -0.274 e. The van der Waals surface area contributed by atoms with Gasteiger partial charge in [-0.1, -0.05) is 18.2 Å². The molecule has 0 fully saturated rings. The van der Waals surface area contributed by atoms with E-state index in [9.17, 15) is 4.79 Å². The maximum absolute atomic E-state index is 11.1. The fourth-order valence-corrected chi connectivity index (χ4v) is 1.60. The highest BCUT2D eigenvalue weighted by atomic mass is 35.5. The molecule has 0 N–H and O–H groups in total. The van der Waals surface area contributed by atoms with Crippen LogP contribution in [-0.2, 0) is 6.54 Å². The van der Waals surface area contributed by atoms with E-state index in [1.165, 1.54) is 4.68 Å². The van der Waals surface area contributed by atoms with E-state index in [4.69, 9.17) is 16.9 Å². The fourth-order valence-electron chi connectivity index (χ4n) is 1.46. The Labute approximate surface area is 90.7 Å². The van der Waals surface area contributed by atoms with Crippen molar-refractivity contribution in [3.05, 3.63) is 30.0 Å². The lowest BCUT2D eigenvalue weighted by atomic mass is 10.2. The predicted molar refractivity (Wildman–Crippen MR) is 55.5 cm³/mol. The van der Waals surface area contributed by atoms with Gasteiger partial charge in [0.2, 0.25) is 0 Å². The minimum atomic E-state index is -0.608. The van der Waals surface area contributed by atoms with E-state index in [1.807, 2.05) is 12.1 Å². The van der Waals surface area contributed by atoms with Crippen molar-refractivity contribution in [2.24, 2.45) is 0 Å². The number of hydrogen-bond acceptors (Lipinski definition) is 3. The predicted octanol–water partition coefficient (Wildman–Crippen LogP) is 1.94. The Balaban J connectivity index is 2.74. The SMILES string of the molecule is N#CCn1nc(C(=O)Cl)c2ccccc21. The van der Waals surface area contributed by atoms with Crippen molar-refractivity contribution in [3.63, 3.8) is 0 Å². The van der Waals surface area contributed by atoms with Crippen LogP contribution >= 0.6 is 11.6 Å². The molecule has 0 aliphatic heterocycles. The standard InChI is InChI=1S/C10H6ClN3O/c11-10(15)9-7-3-1-2-4-8(7)14(13-9)6-5-12/h1-4H,6H2. The summed E-state index contributed by atoms with van der Waals surface area (Å²) in [6.07, 6.45) is 0. The lowest BCUT2D eigenvalue weighted by Crippen LogP contribution is -1.99. The van der Waals surface area contributed by atoms with Crippen molar-refractivity contribution in [2.45, 2.75) is 6.54 Å². The van der Waals surface area contributed by atoms with E-state index in [2.05, 4.69) is 5.10 Å². The molecule has 0 amide bonds. The molecular weight excluding hydrogens is 214 g/mol. The van der Waals surface area contributed by atoms with E-state index in [0.29, 0.717) is 5.39 Å². The monoisotopic (exact) mass is 219 g/mol. The number of rotatable bonds is 2. The van der Waals surface area contributed by atoms with Gasteiger partial charge in [-0.3, -0.25) is 4.79 Å². The smallest absolute Gasteiger partial charge is 0.273 e. The molecule has 0 radical (unpaired) electrons. The van der Waals surface area contributed by atoms with E-state index in [-0.39, 0.29) is 12.2 Å². The summed E-state index contributed by atoms with van der Waals surface area (Å²) < 4.78 is 1.46. The molecule has 0 aliphatic carbocycles. The van der Waals surface area contributed by atoms with Gasteiger partial charge in [0.25, 0.3) is 5.24 Å². The number of nitriles is 1. The Morgan fingerprint density at radius 2 is 2.27 bits per heavy atom. The molecule has 1 heterocycles. The number of nitrogens with zero attached hydrogens (tertiary/aromatic N) is 3. The maximum atomic E-state index is 11.1. The number of para-hydroxylation sites is 1. The van der Waals surface area contributed by atoms with Crippen LogP contribution in [0.2, 0.25) is 0 Å². The van der Waals surface area contributed by atoms with Crippen LogP contribution < -0.4 is 0 Å². The van der Waals surface area contributed by atoms with Crippen LogP contribution in [0.3, 0.4) is 0 Å². The number of halogens is 1. The molecule has 5 heteroatoms. The average Bonchev–Trinajstić information content (AvgIpc) is 2.59. The highest BCUT2D eigenvalue weighted by molar-refractivity contribution is 6.68. The first-order valence-corrected chi connectivity index (χ1v) is 4.64. The summed E-state index contributed by atoms with van der Waals surface area (Å²) in [7, 11) is 0. The van der Waals surface area contributed by atoms with E-state index >= 15 is 0 Å². The molecule has 1 aromatic heterocycles. The van der Waals surface area contributed by atoms with Gasteiger partial charge in [-0.25, -0.2) is 4.68 Å². The quantitative estimate of drug-likeness (QED) is 0.726. The van der Waals surface area contributed by atoms with Crippen molar-refractivity contribution in [1.29, 1.82) is 5.26 Å². The third-order valence-electron chi connectivity index (χ3n) is 2.06. The summed E-state index contributed by atoms with van der Waals surface area (Å²) in [5, 5.41) is 12.7. The topological polar surface area (TPSA) is 58.7 Å². The van der Waals surface area contributed by atoms with Crippen LogP contribution in [0.1, 0.15) is 10.5 Å². The Kier molecular flexibility index (Phi) is 2.40. The van der Waals surface area contributed by atoms with Crippen LogP contribution in [0.25, 0.3) is 10.9 Å². The molecular formula is C10H6ClN3O. The molecule has 0 bridgehead atoms. The third kappa shape index (κ3) is 1.58. The second kappa shape index (κ2) is 3.71. The normalized spacial score (nSPS) is 10.1. The average molecular weight is 220 g/mol. The molecule has 15 heavy (non-hydrogen) atoms. The number of fused-ring (bicyclic) bond motifs is 1. The number of carbonyl (C=O) groups excluding carboxylic acids is 1. The maximum Gasteiger partial charge on any atom is 0.273 e. The molecule has 74 valence electrons. The summed E-state index contributed by atoms with van der Waals surface area (Å²) in [5.74, 6) is 0. The highest BCUT2D eigenvalue weighted by Gasteiger charge is 2.14. The van der Waals surface area contributed by atoms with Gasteiger partial charge >= 0.3 is 0 Å². The zero-order valence-electron chi connectivity index (χ0n) is 7.64. The van der Waals surface area contributed by atoms with Crippen LogP contribution in [0.15, 0.2) is 24.3 Å². The molecule has 0 saturated carbocycles. The van der Waals surface area contributed by atoms with Crippen molar-refractivity contribution in [2.75, 3.05) is 0 Å². The first kappa shape index (κ1) is 9.69. The highest BCUT2D eigenvalue weighted by Crippen LogP contribution is 2.19. The van der Waals surface area contributed by atoms with Crippen molar-refractivity contribution < 1.29 is 4.79 Å². The van der Waals surface area contributed by atoms with Gasteiger partial charge in [0.1, 0.15) is 6.54 Å². The summed E-state index contributed by atoms with van der Waals surface area (Å²) >= 11 is 5.40. The number of benzene rings is 1. The van der Waals surface area contributed by atoms with Gasteiger partial charge in [0.15, 0.2) is 5.69 Å². The molecule has 2 aromatic rings. The molecule has 0 spiro atoms. The van der Waals surface area contributed by atoms with Crippen molar-refractivity contribution >= 4 is 27.7 Å². The zero-order valence-corrected chi connectivity index (χ0v) is 8.40. The van der Waals surface area contributed by atoms with Gasteiger partial charge in [0.05, 0.1) is 11.6 Å². The van der Waals surface area contributed by atoms with Crippen LogP contribution in [-0.4, -0.2) is 15.0 Å². The Bertz CT molecular complexity index is 568. The Morgan fingerprint density at radius 1 is 1.53 bits per heavy atom. The molecule has 1 aromatic carbocycles. The number of hydrogen-bond donors (Lipinski definition) is 0. The number of aromatic nitrogens is 2. The fraction of sp³-hybridized carbons (Fsp3) is 0.100. The minimum absolute atomic E-state index is 0.102. The largest absolute Gasteiger partial charge is 0.274 e. The molecule has 0 saturated heterocycles. The van der Waals surface area contributed by atoms with Gasteiger partial charge in [-0.15, -0.1) is 0 Å². The van der Waals surface area contributed by atoms with E-state index in [1.54, 1.807) is 18.2 Å². The number of carbonyl (C=O) groups is 1. The first-order valence-electron chi connectivity index (χ1n) is 4.26. The van der Waals surface area contributed by atoms with Gasteiger partial charge in [-0.05, 0) is 17.7 Å². The molecule has 2 rings (SSSR count). The summed E-state index contributed by atoms with van der Waals surface area (Å²) in [5.41, 5.74) is 0.936. The first-order chi connectivity index (χ1) is 7.24. The third-order valence-corrected chi connectivity index (χ3v) is 2.24. The molecule has 0 atom stereocenters. The van der Waals surface area contributed by atoms with Crippen LogP contribution in [0.5, 0.6) is 0 Å². The van der Waals surface area contributed by atoms with Gasteiger partial charge in [-0.2, -0.15) is 10.4 Å². The van der Waals surface area contributed by atoms with Gasteiger partial charge < -0.3 is 0 Å². The van der Waals surface area contributed by atoms with Gasteiger partial charge in [0, 0.05) is 5.39 Å². The van der Waals surface area contributed by atoms with Crippen LogP contribution in [0.4, 0.5) is 0 Å². The molecule has 0 aliphatic rings. The molecule has 0 unspecified atom stereocenters. The zero-order chi connectivity index (χ0) is 10.8. The second-order valence-corrected chi connectivity index (χ2v) is 3.30. The van der Waals surface area contributed by atoms with E-state index in [0.717, 1.165) is 5.52 Å². The molecule has 4 nitrogen and oxygen atoms in total.